The first-order valence-electron chi connectivity index (χ1n) is 3.33. The zero-order valence-electron chi connectivity index (χ0n) is 7.08. The van der Waals surface area contributed by atoms with E-state index in [0.717, 1.165) is 0 Å². The van der Waals surface area contributed by atoms with Crippen molar-refractivity contribution in [3.8, 4) is 0 Å². The third-order valence-electron chi connectivity index (χ3n) is 2.18. The second-order valence-electron chi connectivity index (χ2n) is 2.76. The summed E-state index contributed by atoms with van der Waals surface area (Å²) in [6.45, 7) is 8.68. The molecule has 0 radical (unpaired) electrons. The fourth-order valence-electron chi connectivity index (χ4n) is 1.13. The van der Waals surface area contributed by atoms with Crippen molar-refractivity contribution in [2.24, 2.45) is 0 Å². The first kappa shape index (κ1) is 10.2. The standard InChI is InChI=1S/C9H13.Hf/c1-6-5-7(2)9(4)8(6)3;/h5H,1-4H3;/q-1;. The zero-order valence-corrected chi connectivity index (χ0v) is 10.7. The summed E-state index contributed by atoms with van der Waals surface area (Å²) in [6, 6.07) is 2.24. The van der Waals surface area contributed by atoms with Crippen molar-refractivity contribution < 1.29 is 25.8 Å². The molecule has 0 aliphatic carbocycles. The topological polar surface area (TPSA) is 0 Å². The Labute approximate surface area is 81.8 Å². The minimum absolute atomic E-state index is 0. The second kappa shape index (κ2) is 3.56. The Hall–Kier alpha value is 0.220. The molecule has 1 heteroatoms. The summed E-state index contributed by atoms with van der Waals surface area (Å²) in [5.41, 5.74) is 5.75. The molecule has 0 unspecified atom stereocenters. The van der Waals surface area contributed by atoms with E-state index in [0.29, 0.717) is 0 Å². The van der Waals surface area contributed by atoms with Gasteiger partial charge in [-0.3, -0.25) is 0 Å². The van der Waals surface area contributed by atoms with Crippen molar-refractivity contribution in [3.63, 3.8) is 0 Å². The summed E-state index contributed by atoms with van der Waals surface area (Å²) in [6.07, 6.45) is 0. The molecule has 0 atom stereocenters. The molecule has 0 nitrogen and oxygen atoms in total. The van der Waals surface area contributed by atoms with Gasteiger partial charge in [-0.1, -0.05) is 27.7 Å². The summed E-state index contributed by atoms with van der Waals surface area (Å²) >= 11 is 0. The van der Waals surface area contributed by atoms with Gasteiger partial charge in [0, 0.05) is 25.8 Å². The Morgan fingerprint density at radius 1 is 0.800 bits per heavy atom. The zero-order chi connectivity index (χ0) is 7.02. The molecule has 0 spiro atoms. The molecule has 1 aromatic carbocycles. The molecule has 0 aliphatic heterocycles. The van der Waals surface area contributed by atoms with Gasteiger partial charge < -0.3 is 0 Å². The summed E-state index contributed by atoms with van der Waals surface area (Å²) in [4.78, 5) is 0. The van der Waals surface area contributed by atoms with Crippen LogP contribution in [0.4, 0.5) is 0 Å². The van der Waals surface area contributed by atoms with Gasteiger partial charge in [-0.05, 0) is 0 Å². The van der Waals surface area contributed by atoms with Crippen LogP contribution in [0.15, 0.2) is 6.07 Å². The normalized spacial score (nSPS) is 9.20. The molecule has 0 N–H and O–H groups in total. The molecule has 0 aromatic heterocycles. The van der Waals surface area contributed by atoms with Gasteiger partial charge in [0.2, 0.25) is 0 Å². The molecule has 54 valence electrons. The van der Waals surface area contributed by atoms with E-state index in [9.17, 15) is 0 Å². The van der Waals surface area contributed by atoms with Crippen LogP contribution in [-0.4, -0.2) is 0 Å². The largest absolute Gasteiger partial charge is 0.196 e. The van der Waals surface area contributed by atoms with Crippen LogP contribution in [0.5, 0.6) is 0 Å². The van der Waals surface area contributed by atoms with E-state index in [2.05, 4.69) is 33.8 Å². The Morgan fingerprint density at radius 3 is 1.20 bits per heavy atom. The minimum atomic E-state index is 0. The van der Waals surface area contributed by atoms with Gasteiger partial charge in [0.1, 0.15) is 0 Å². The average molecular weight is 300 g/mol. The van der Waals surface area contributed by atoms with E-state index < -0.39 is 0 Å². The molecule has 0 fully saturated rings. The van der Waals surface area contributed by atoms with E-state index in [1.165, 1.54) is 22.3 Å². The van der Waals surface area contributed by atoms with E-state index in [4.69, 9.17) is 0 Å². The summed E-state index contributed by atoms with van der Waals surface area (Å²) in [5.74, 6) is 0. The maximum atomic E-state index is 2.24. The second-order valence-corrected chi connectivity index (χ2v) is 2.76. The van der Waals surface area contributed by atoms with Crippen LogP contribution in [-0.2, 0) is 25.8 Å². The smallest absolute Gasteiger partial charge is 0 e. The monoisotopic (exact) mass is 301 g/mol. The maximum absolute atomic E-state index is 2.24. The molecular formula is C9H13Hf-. The number of aryl methyl sites for hydroxylation is 2. The third-order valence-corrected chi connectivity index (χ3v) is 2.18. The molecule has 0 amide bonds. The Kier molecular flexibility index (Phi) is 3.64. The van der Waals surface area contributed by atoms with E-state index in [-0.39, 0.29) is 25.8 Å². The Bertz CT molecular complexity index is 198. The maximum Gasteiger partial charge on any atom is 0 e. The summed E-state index contributed by atoms with van der Waals surface area (Å²) < 4.78 is 0. The number of hydrogen-bond acceptors (Lipinski definition) is 0. The van der Waals surface area contributed by atoms with Gasteiger partial charge in [0.15, 0.2) is 0 Å². The molecule has 1 aromatic rings. The van der Waals surface area contributed by atoms with Crippen molar-refractivity contribution in [1.82, 2.24) is 0 Å². The van der Waals surface area contributed by atoms with Crippen LogP contribution >= 0.6 is 0 Å². The van der Waals surface area contributed by atoms with Crippen LogP contribution in [0, 0.1) is 27.7 Å². The SMILES string of the molecule is Cc1[cH-]c(C)c(C)c1C.[Hf]. The number of rotatable bonds is 0. The molecule has 0 aliphatic rings. The van der Waals surface area contributed by atoms with E-state index in [1.54, 1.807) is 0 Å². The Balaban J connectivity index is 0.000000810. The van der Waals surface area contributed by atoms with Crippen LogP contribution < -0.4 is 0 Å². The fraction of sp³-hybridized carbons (Fsp3) is 0.444. The van der Waals surface area contributed by atoms with Crippen LogP contribution in [0.3, 0.4) is 0 Å². The van der Waals surface area contributed by atoms with Crippen LogP contribution in [0.25, 0.3) is 0 Å². The Morgan fingerprint density at radius 2 is 1.10 bits per heavy atom. The first-order chi connectivity index (χ1) is 4.13. The van der Waals surface area contributed by atoms with Crippen LogP contribution in [0.2, 0.25) is 0 Å². The van der Waals surface area contributed by atoms with E-state index in [1.807, 2.05) is 0 Å². The van der Waals surface area contributed by atoms with Gasteiger partial charge in [-0.25, -0.2) is 0 Å². The van der Waals surface area contributed by atoms with Crippen molar-refractivity contribution in [2.75, 3.05) is 0 Å². The molecule has 0 bridgehead atoms. The first-order valence-corrected chi connectivity index (χ1v) is 3.33. The summed E-state index contributed by atoms with van der Waals surface area (Å²) in [5, 5.41) is 0. The van der Waals surface area contributed by atoms with Gasteiger partial charge >= 0.3 is 0 Å². The summed E-state index contributed by atoms with van der Waals surface area (Å²) in [7, 11) is 0. The van der Waals surface area contributed by atoms with Crippen molar-refractivity contribution >= 4 is 0 Å². The molecular weight excluding hydrogens is 287 g/mol. The molecule has 0 saturated carbocycles. The van der Waals surface area contributed by atoms with E-state index >= 15 is 0 Å². The van der Waals surface area contributed by atoms with Gasteiger partial charge in [0.25, 0.3) is 0 Å². The van der Waals surface area contributed by atoms with Crippen LogP contribution in [0.1, 0.15) is 22.3 Å². The number of hydrogen-bond donors (Lipinski definition) is 0. The van der Waals surface area contributed by atoms with Gasteiger partial charge in [0.05, 0.1) is 0 Å². The third kappa shape index (κ3) is 1.63. The minimum Gasteiger partial charge on any atom is -0.196 e. The van der Waals surface area contributed by atoms with Crippen molar-refractivity contribution in [2.45, 2.75) is 27.7 Å². The molecule has 0 heterocycles. The molecule has 0 saturated heterocycles. The fourth-order valence-corrected chi connectivity index (χ4v) is 1.13. The quantitative estimate of drug-likeness (QED) is 0.510. The van der Waals surface area contributed by atoms with Crippen molar-refractivity contribution in [3.05, 3.63) is 28.3 Å². The predicted molar refractivity (Wildman–Crippen MR) is 41.0 cm³/mol. The molecule has 1 rings (SSSR count). The average Bonchev–Trinajstić information content (AvgIpc) is 1.98. The van der Waals surface area contributed by atoms with Gasteiger partial charge in [-0.15, -0.1) is 0 Å². The predicted octanol–water partition coefficient (Wildman–Crippen LogP) is 2.64. The van der Waals surface area contributed by atoms with Crippen molar-refractivity contribution in [1.29, 1.82) is 0 Å². The molecule has 10 heavy (non-hydrogen) atoms. The van der Waals surface area contributed by atoms with Gasteiger partial charge in [-0.2, -0.15) is 28.3 Å².